The van der Waals surface area contributed by atoms with Crippen molar-refractivity contribution in [1.82, 2.24) is 9.78 Å². The van der Waals surface area contributed by atoms with Crippen molar-refractivity contribution in [2.75, 3.05) is 5.32 Å². The number of nitrogens with one attached hydrogen (secondary N) is 1. The van der Waals surface area contributed by atoms with E-state index in [-0.39, 0.29) is 5.91 Å². The third kappa shape index (κ3) is 2.72. The molecule has 0 unspecified atom stereocenters. The maximum Gasteiger partial charge on any atom is 0.273 e. The molecule has 0 saturated heterocycles. The first-order valence-electron chi connectivity index (χ1n) is 5.70. The Kier molecular flexibility index (Phi) is 4.00. The van der Waals surface area contributed by atoms with E-state index in [0.29, 0.717) is 5.69 Å². The van der Waals surface area contributed by atoms with E-state index >= 15 is 0 Å². The molecule has 0 fully saturated rings. The van der Waals surface area contributed by atoms with Crippen LogP contribution in [0.1, 0.15) is 23.1 Å². The van der Waals surface area contributed by atoms with Gasteiger partial charge in [-0.1, -0.05) is 19.1 Å². The summed E-state index contributed by atoms with van der Waals surface area (Å²) in [6, 6.07) is 9.51. The monoisotopic (exact) mass is 355 g/mol. The van der Waals surface area contributed by atoms with E-state index in [1.807, 2.05) is 37.3 Å². The maximum atomic E-state index is 12.1. The molecule has 0 bridgehead atoms. The predicted octanol–water partition coefficient (Wildman–Crippen LogP) is 2.84. The molecule has 4 nitrogen and oxygen atoms in total. The van der Waals surface area contributed by atoms with Gasteiger partial charge in [0, 0.05) is 10.6 Å². The number of halogens is 1. The Bertz CT molecular complexity index is 577. The van der Waals surface area contributed by atoms with E-state index in [0.717, 1.165) is 21.4 Å². The predicted molar refractivity (Wildman–Crippen MR) is 79.7 cm³/mol. The van der Waals surface area contributed by atoms with Crippen molar-refractivity contribution in [1.29, 1.82) is 0 Å². The fraction of sp³-hybridized carbons (Fsp3) is 0.231. The van der Waals surface area contributed by atoms with Crippen LogP contribution in [-0.2, 0) is 13.5 Å². The van der Waals surface area contributed by atoms with E-state index < -0.39 is 0 Å². The lowest BCUT2D eigenvalue weighted by Gasteiger charge is -2.06. The quantitative estimate of drug-likeness (QED) is 0.861. The average molecular weight is 355 g/mol. The Morgan fingerprint density at radius 2 is 2.17 bits per heavy atom. The molecule has 0 radical (unpaired) electrons. The van der Waals surface area contributed by atoms with Crippen LogP contribution in [0.3, 0.4) is 0 Å². The summed E-state index contributed by atoms with van der Waals surface area (Å²) in [5, 5.41) is 7.17. The SMILES string of the molecule is CCc1cc(C(=O)Nc2ccccc2I)n(C)n1. The first kappa shape index (κ1) is 13.1. The number of rotatable bonds is 3. The molecule has 1 amide bonds. The molecule has 1 heterocycles. The van der Waals surface area contributed by atoms with Crippen LogP contribution < -0.4 is 5.32 Å². The van der Waals surface area contributed by atoms with Crippen LogP contribution in [-0.4, -0.2) is 15.7 Å². The summed E-state index contributed by atoms with van der Waals surface area (Å²) in [5.74, 6) is -0.131. The molecule has 0 spiro atoms. The van der Waals surface area contributed by atoms with Gasteiger partial charge < -0.3 is 5.32 Å². The molecule has 2 rings (SSSR count). The lowest BCUT2D eigenvalue weighted by molar-refractivity contribution is 0.101. The van der Waals surface area contributed by atoms with Crippen molar-refractivity contribution in [2.24, 2.45) is 7.05 Å². The minimum Gasteiger partial charge on any atom is -0.320 e. The van der Waals surface area contributed by atoms with Gasteiger partial charge in [-0.05, 0) is 47.2 Å². The number of amides is 1. The first-order chi connectivity index (χ1) is 8.61. The second-order valence-corrected chi connectivity index (χ2v) is 5.09. The maximum absolute atomic E-state index is 12.1. The molecule has 1 aromatic carbocycles. The number of aryl methyl sites for hydroxylation is 2. The lowest BCUT2D eigenvalue weighted by Crippen LogP contribution is -2.16. The molecule has 0 saturated carbocycles. The van der Waals surface area contributed by atoms with Crippen molar-refractivity contribution in [2.45, 2.75) is 13.3 Å². The number of carbonyl (C=O) groups is 1. The van der Waals surface area contributed by atoms with Gasteiger partial charge in [0.25, 0.3) is 5.91 Å². The van der Waals surface area contributed by atoms with Crippen LogP contribution in [0.25, 0.3) is 0 Å². The Hall–Kier alpha value is -1.37. The van der Waals surface area contributed by atoms with Crippen LogP contribution in [0.15, 0.2) is 30.3 Å². The smallest absolute Gasteiger partial charge is 0.273 e. The molecule has 0 atom stereocenters. The molecular formula is C13H14IN3O. The van der Waals surface area contributed by atoms with Gasteiger partial charge in [0.2, 0.25) is 0 Å². The standard InChI is InChI=1S/C13H14IN3O/c1-3-9-8-12(17(2)16-9)13(18)15-11-7-5-4-6-10(11)14/h4-8H,3H2,1-2H3,(H,15,18). The van der Waals surface area contributed by atoms with Gasteiger partial charge in [0.05, 0.1) is 11.4 Å². The fourth-order valence-corrected chi connectivity index (χ4v) is 2.18. The highest BCUT2D eigenvalue weighted by molar-refractivity contribution is 14.1. The summed E-state index contributed by atoms with van der Waals surface area (Å²) in [6.45, 7) is 2.02. The third-order valence-electron chi connectivity index (χ3n) is 2.65. The Morgan fingerprint density at radius 3 is 2.78 bits per heavy atom. The number of para-hydroxylation sites is 1. The molecule has 1 aromatic heterocycles. The second kappa shape index (κ2) is 5.51. The Labute approximate surface area is 120 Å². The zero-order valence-electron chi connectivity index (χ0n) is 10.3. The van der Waals surface area contributed by atoms with Crippen LogP contribution in [0.2, 0.25) is 0 Å². The van der Waals surface area contributed by atoms with E-state index in [9.17, 15) is 4.79 Å². The normalized spacial score (nSPS) is 10.4. The minimum atomic E-state index is -0.131. The molecule has 0 aliphatic heterocycles. The summed E-state index contributed by atoms with van der Waals surface area (Å²) in [7, 11) is 1.78. The number of anilines is 1. The second-order valence-electron chi connectivity index (χ2n) is 3.93. The van der Waals surface area contributed by atoms with Gasteiger partial charge in [0.1, 0.15) is 5.69 Å². The number of aromatic nitrogens is 2. The van der Waals surface area contributed by atoms with E-state index in [4.69, 9.17) is 0 Å². The van der Waals surface area contributed by atoms with Crippen molar-refractivity contribution in [3.8, 4) is 0 Å². The average Bonchev–Trinajstić information content (AvgIpc) is 2.73. The topological polar surface area (TPSA) is 46.9 Å². The molecule has 18 heavy (non-hydrogen) atoms. The summed E-state index contributed by atoms with van der Waals surface area (Å²) >= 11 is 2.20. The number of carbonyl (C=O) groups excluding carboxylic acids is 1. The Morgan fingerprint density at radius 1 is 1.44 bits per heavy atom. The van der Waals surface area contributed by atoms with Gasteiger partial charge in [-0.2, -0.15) is 5.10 Å². The zero-order valence-corrected chi connectivity index (χ0v) is 12.4. The summed E-state index contributed by atoms with van der Waals surface area (Å²) in [6.07, 6.45) is 0.823. The molecular weight excluding hydrogens is 341 g/mol. The van der Waals surface area contributed by atoms with Crippen molar-refractivity contribution in [3.63, 3.8) is 0 Å². The largest absolute Gasteiger partial charge is 0.320 e. The van der Waals surface area contributed by atoms with Crippen LogP contribution >= 0.6 is 22.6 Å². The third-order valence-corrected chi connectivity index (χ3v) is 3.59. The summed E-state index contributed by atoms with van der Waals surface area (Å²) < 4.78 is 2.63. The number of hydrogen-bond donors (Lipinski definition) is 1. The molecule has 94 valence electrons. The van der Waals surface area contributed by atoms with Gasteiger partial charge in [0.15, 0.2) is 0 Å². The van der Waals surface area contributed by atoms with Gasteiger partial charge >= 0.3 is 0 Å². The first-order valence-corrected chi connectivity index (χ1v) is 6.78. The lowest BCUT2D eigenvalue weighted by atomic mass is 10.2. The van der Waals surface area contributed by atoms with Crippen LogP contribution in [0, 0.1) is 3.57 Å². The van der Waals surface area contributed by atoms with Crippen LogP contribution in [0.5, 0.6) is 0 Å². The van der Waals surface area contributed by atoms with Gasteiger partial charge in [-0.15, -0.1) is 0 Å². The van der Waals surface area contributed by atoms with E-state index in [1.165, 1.54) is 0 Å². The molecule has 1 N–H and O–H groups in total. The van der Waals surface area contributed by atoms with Gasteiger partial charge in [-0.3, -0.25) is 9.48 Å². The van der Waals surface area contributed by atoms with Crippen molar-refractivity contribution < 1.29 is 4.79 Å². The fourth-order valence-electron chi connectivity index (χ4n) is 1.66. The zero-order chi connectivity index (χ0) is 13.1. The number of benzene rings is 1. The molecule has 2 aromatic rings. The highest BCUT2D eigenvalue weighted by Crippen LogP contribution is 2.18. The highest BCUT2D eigenvalue weighted by atomic mass is 127. The summed E-state index contributed by atoms with van der Waals surface area (Å²) in [4.78, 5) is 12.1. The van der Waals surface area contributed by atoms with E-state index in [1.54, 1.807) is 11.7 Å². The Balaban J connectivity index is 2.22. The van der Waals surface area contributed by atoms with Gasteiger partial charge in [-0.25, -0.2) is 0 Å². The minimum absolute atomic E-state index is 0.131. The van der Waals surface area contributed by atoms with Crippen molar-refractivity contribution >= 4 is 34.2 Å². The number of nitrogens with zero attached hydrogens (tertiary/aromatic N) is 2. The molecule has 0 aliphatic rings. The van der Waals surface area contributed by atoms with Crippen LogP contribution in [0.4, 0.5) is 5.69 Å². The highest BCUT2D eigenvalue weighted by Gasteiger charge is 2.13. The van der Waals surface area contributed by atoms with E-state index in [2.05, 4.69) is 33.0 Å². The number of hydrogen-bond acceptors (Lipinski definition) is 2. The summed E-state index contributed by atoms with van der Waals surface area (Å²) in [5.41, 5.74) is 2.32. The van der Waals surface area contributed by atoms with Crippen molar-refractivity contribution in [3.05, 3.63) is 45.3 Å². The molecule has 0 aliphatic carbocycles. The molecule has 5 heteroatoms.